The third kappa shape index (κ3) is 1.74. The van der Waals surface area contributed by atoms with E-state index >= 15 is 0 Å². The Bertz CT molecular complexity index is 393. The Morgan fingerprint density at radius 3 is 2.25 bits per heavy atom. The van der Waals surface area contributed by atoms with E-state index in [0.29, 0.717) is 0 Å². The standard InChI is InChI=1S/C11H15BFNO2/c1-10(2)11(3,4)16-12(15-10)9-8(13)6-5-7-14-9/h5-7H,1-4H3. The summed E-state index contributed by atoms with van der Waals surface area (Å²) in [6.07, 6.45) is 1.53. The van der Waals surface area contributed by atoms with Crippen molar-refractivity contribution < 1.29 is 13.7 Å². The average Bonchev–Trinajstić information content (AvgIpc) is 2.36. The van der Waals surface area contributed by atoms with Gasteiger partial charge >= 0.3 is 7.12 Å². The van der Waals surface area contributed by atoms with Crippen molar-refractivity contribution in [2.75, 3.05) is 0 Å². The molecule has 1 aliphatic heterocycles. The van der Waals surface area contributed by atoms with E-state index in [2.05, 4.69) is 4.98 Å². The first-order chi connectivity index (χ1) is 7.33. The van der Waals surface area contributed by atoms with Crippen molar-refractivity contribution in [2.45, 2.75) is 38.9 Å². The summed E-state index contributed by atoms with van der Waals surface area (Å²) in [5.74, 6) is -0.402. The van der Waals surface area contributed by atoms with Crippen LogP contribution in [0.1, 0.15) is 27.7 Å². The predicted molar refractivity (Wildman–Crippen MR) is 59.9 cm³/mol. The van der Waals surface area contributed by atoms with Crippen molar-refractivity contribution in [2.24, 2.45) is 0 Å². The molecule has 2 heterocycles. The van der Waals surface area contributed by atoms with Crippen molar-refractivity contribution in [1.82, 2.24) is 4.98 Å². The average molecular weight is 223 g/mol. The molecule has 0 unspecified atom stereocenters. The number of aromatic nitrogens is 1. The molecule has 0 bridgehead atoms. The lowest BCUT2D eigenvalue weighted by Gasteiger charge is -2.32. The van der Waals surface area contributed by atoms with Crippen molar-refractivity contribution in [3.63, 3.8) is 0 Å². The second-order valence-corrected chi connectivity index (χ2v) is 4.96. The molecular formula is C11H15BFNO2. The number of nitrogens with zero attached hydrogens (tertiary/aromatic N) is 1. The largest absolute Gasteiger partial charge is 0.517 e. The van der Waals surface area contributed by atoms with Crippen molar-refractivity contribution >= 4 is 12.7 Å². The summed E-state index contributed by atoms with van der Waals surface area (Å²) in [5, 5.41) is 0. The lowest BCUT2D eigenvalue weighted by molar-refractivity contribution is 0.00578. The molecule has 2 rings (SSSR count). The van der Waals surface area contributed by atoms with E-state index in [1.807, 2.05) is 27.7 Å². The van der Waals surface area contributed by atoms with Gasteiger partial charge in [0.2, 0.25) is 0 Å². The molecule has 3 nitrogen and oxygen atoms in total. The van der Waals surface area contributed by atoms with Crippen LogP contribution in [-0.2, 0) is 9.31 Å². The van der Waals surface area contributed by atoms with E-state index in [4.69, 9.17) is 9.31 Å². The highest BCUT2D eigenvalue weighted by atomic mass is 19.1. The van der Waals surface area contributed by atoms with E-state index in [1.165, 1.54) is 12.3 Å². The smallest absolute Gasteiger partial charge is 0.398 e. The molecule has 16 heavy (non-hydrogen) atoms. The summed E-state index contributed by atoms with van der Waals surface area (Å²) in [4.78, 5) is 3.97. The summed E-state index contributed by atoms with van der Waals surface area (Å²) in [7, 11) is -0.730. The van der Waals surface area contributed by atoms with E-state index in [9.17, 15) is 4.39 Å². The fraction of sp³-hybridized carbons (Fsp3) is 0.545. The van der Waals surface area contributed by atoms with E-state index in [0.717, 1.165) is 0 Å². The molecule has 1 aliphatic rings. The molecule has 0 amide bonds. The number of pyridine rings is 1. The molecule has 0 spiro atoms. The monoisotopic (exact) mass is 223 g/mol. The molecule has 1 fully saturated rings. The van der Waals surface area contributed by atoms with Crippen LogP contribution in [0.15, 0.2) is 18.3 Å². The SMILES string of the molecule is CC1(C)OB(c2ncccc2F)OC1(C)C. The van der Waals surface area contributed by atoms with Gasteiger partial charge in [0.25, 0.3) is 0 Å². The molecule has 0 aliphatic carbocycles. The van der Waals surface area contributed by atoms with Gasteiger partial charge in [-0.3, -0.25) is 4.98 Å². The van der Waals surface area contributed by atoms with E-state index in [1.54, 1.807) is 6.07 Å². The zero-order valence-electron chi connectivity index (χ0n) is 9.95. The first-order valence-electron chi connectivity index (χ1n) is 5.29. The number of hydrogen-bond donors (Lipinski definition) is 0. The van der Waals surface area contributed by atoms with Crippen LogP contribution >= 0.6 is 0 Å². The molecule has 1 aromatic rings. The minimum atomic E-state index is -0.730. The van der Waals surface area contributed by atoms with E-state index < -0.39 is 24.1 Å². The first-order valence-corrected chi connectivity index (χ1v) is 5.29. The summed E-state index contributed by atoms with van der Waals surface area (Å²) < 4.78 is 24.9. The second-order valence-electron chi connectivity index (χ2n) is 4.96. The van der Waals surface area contributed by atoms with Gasteiger partial charge in [0.1, 0.15) is 11.4 Å². The fourth-order valence-electron chi connectivity index (χ4n) is 1.53. The normalized spacial score (nSPS) is 22.4. The third-order valence-corrected chi connectivity index (χ3v) is 3.26. The molecule has 5 heteroatoms. The van der Waals surface area contributed by atoms with Gasteiger partial charge in [0, 0.05) is 6.20 Å². The molecule has 0 saturated carbocycles. The minimum Gasteiger partial charge on any atom is -0.398 e. The summed E-state index contributed by atoms with van der Waals surface area (Å²) in [6.45, 7) is 7.70. The van der Waals surface area contributed by atoms with Crippen molar-refractivity contribution in [3.8, 4) is 0 Å². The van der Waals surface area contributed by atoms with Crippen LogP contribution in [0.5, 0.6) is 0 Å². The molecular weight excluding hydrogens is 208 g/mol. The summed E-state index contributed by atoms with van der Waals surface area (Å²) >= 11 is 0. The van der Waals surface area contributed by atoms with Crippen LogP contribution in [0.25, 0.3) is 0 Å². The molecule has 1 aromatic heterocycles. The lowest BCUT2D eigenvalue weighted by Crippen LogP contribution is -2.41. The Morgan fingerprint density at radius 2 is 1.75 bits per heavy atom. The van der Waals surface area contributed by atoms with Gasteiger partial charge in [-0.15, -0.1) is 0 Å². The van der Waals surface area contributed by atoms with E-state index in [-0.39, 0.29) is 5.59 Å². The summed E-state index contributed by atoms with van der Waals surface area (Å²) in [5.41, 5.74) is -0.732. The maximum absolute atomic E-state index is 13.5. The Morgan fingerprint density at radius 1 is 1.19 bits per heavy atom. The molecule has 86 valence electrons. The number of halogens is 1. The van der Waals surface area contributed by atoms with Crippen LogP contribution in [-0.4, -0.2) is 23.3 Å². The zero-order chi connectivity index (χ0) is 12.0. The van der Waals surface area contributed by atoms with Crippen molar-refractivity contribution in [1.29, 1.82) is 0 Å². The summed E-state index contributed by atoms with van der Waals surface area (Å²) in [6, 6.07) is 2.90. The van der Waals surface area contributed by atoms with Gasteiger partial charge in [-0.05, 0) is 39.8 Å². The predicted octanol–water partition coefficient (Wildman–Crippen LogP) is 1.52. The minimum absolute atomic E-state index is 0.209. The van der Waals surface area contributed by atoms with Crippen LogP contribution in [0.2, 0.25) is 0 Å². The van der Waals surface area contributed by atoms with Gasteiger partial charge in [0.15, 0.2) is 0 Å². The van der Waals surface area contributed by atoms with Crippen LogP contribution < -0.4 is 5.59 Å². The Balaban J connectivity index is 2.31. The fourth-order valence-corrected chi connectivity index (χ4v) is 1.53. The quantitative estimate of drug-likeness (QED) is 0.676. The highest BCUT2D eigenvalue weighted by Crippen LogP contribution is 2.36. The molecule has 1 saturated heterocycles. The lowest BCUT2D eigenvalue weighted by atomic mass is 9.84. The highest BCUT2D eigenvalue weighted by molar-refractivity contribution is 6.61. The molecule has 0 N–H and O–H groups in total. The zero-order valence-corrected chi connectivity index (χ0v) is 9.95. The van der Waals surface area contributed by atoms with Gasteiger partial charge < -0.3 is 9.31 Å². The maximum atomic E-state index is 13.5. The topological polar surface area (TPSA) is 31.4 Å². The Hall–Kier alpha value is -0.935. The van der Waals surface area contributed by atoms with Gasteiger partial charge in [-0.1, -0.05) is 0 Å². The second kappa shape index (κ2) is 3.53. The molecule has 0 atom stereocenters. The van der Waals surface area contributed by atoms with Gasteiger partial charge in [-0.25, -0.2) is 4.39 Å². The number of rotatable bonds is 1. The van der Waals surface area contributed by atoms with Crippen LogP contribution in [0.3, 0.4) is 0 Å². The van der Waals surface area contributed by atoms with Crippen molar-refractivity contribution in [3.05, 3.63) is 24.1 Å². The highest BCUT2D eigenvalue weighted by Gasteiger charge is 2.53. The van der Waals surface area contributed by atoms with Crippen LogP contribution in [0.4, 0.5) is 4.39 Å². The van der Waals surface area contributed by atoms with Gasteiger partial charge in [-0.2, -0.15) is 0 Å². The first kappa shape index (κ1) is 11.5. The Labute approximate surface area is 95.1 Å². The maximum Gasteiger partial charge on any atom is 0.517 e. The van der Waals surface area contributed by atoms with Gasteiger partial charge in [0.05, 0.1) is 11.2 Å². The number of hydrogen-bond acceptors (Lipinski definition) is 3. The third-order valence-electron chi connectivity index (χ3n) is 3.26. The molecule has 0 aromatic carbocycles. The Kier molecular flexibility index (Phi) is 2.55. The molecule has 0 radical (unpaired) electrons. The van der Waals surface area contributed by atoms with Crippen LogP contribution in [0, 0.1) is 5.82 Å².